The van der Waals surface area contributed by atoms with Crippen LogP contribution in [-0.4, -0.2) is 23.2 Å². The van der Waals surface area contributed by atoms with Crippen molar-refractivity contribution in [1.29, 1.82) is 0 Å². The molecule has 1 aromatic carbocycles. The van der Waals surface area contributed by atoms with Crippen molar-refractivity contribution >= 4 is 11.6 Å². The minimum Gasteiger partial charge on any atom is -0.399 e. The Bertz CT molecular complexity index is 394. The Balaban J connectivity index is 2.74. The molecule has 0 aliphatic heterocycles. The lowest BCUT2D eigenvalue weighted by atomic mass is 10.1. The lowest BCUT2D eigenvalue weighted by Crippen LogP contribution is -2.38. The van der Waals surface area contributed by atoms with E-state index in [1.165, 1.54) is 0 Å². The predicted octanol–water partition coefficient (Wildman–Crippen LogP) is 1.08. The first-order chi connectivity index (χ1) is 7.29. The van der Waals surface area contributed by atoms with E-state index in [1.807, 2.05) is 6.92 Å². The number of aliphatic hydroxyl groups is 1. The molecule has 0 aliphatic rings. The van der Waals surface area contributed by atoms with Crippen LogP contribution >= 0.6 is 0 Å². The molecule has 0 atom stereocenters. The number of nitrogens with one attached hydrogen (secondary N) is 1. The van der Waals surface area contributed by atoms with Crippen LogP contribution in [0.15, 0.2) is 18.2 Å². The van der Waals surface area contributed by atoms with Crippen molar-refractivity contribution in [2.24, 2.45) is 0 Å². The van der Waals surface area contributed by atoms with Gasteiger partial charge < -0.3 is 16.2 Å². The second-order valence-electron chi connectivity index (χ2n) is 4.57. The highest BCUT2D eigenvalue weighted by Crippen LogP contribution is 2.12. The molecule has 0 spiro atoms. The Labute approximate surface area is 95.5 Å². The van der Waals surface area contributed by atoms with E-state index >= 15 is 0 Å². The Morgan fingerprint density at radius 1 is 1.50 bits per heavy atom. The topological polar surface area (TPSA) is 75.4 Å². The molecule has 0 saturated heterocycles. The van der Waals surface area contributed by atoms with Crippen LogP contribution in [0.25, 0.3) is 0 Å². The largest absolute Gasteiger partial charge is 0.399 e. The monoisotopic (exact) mass is 222 g/mol. The summed E-state index contributed by atoms with van der Waals surface area (Å²) in [5.41, 5.74) is 6.74. The molecule has 0 aromatic heterocycles. The summed E-state index contributed by atoms with van der Waals surface area (Å²) in [5.74, 6) is -0.195. The second kappa shape index (κ2) is 4.53. The molecule has 0 saturated carbocycles. The quantitative estimate of drug-likeness (QED) is 0.670. The Morgan fingerprint density at radius 2 is 2.12 bits per heavy atom. The van der Waals surface area contributed by atoms with Crippen molar-refractivity contribution in [2.45, 2.75) is 26.4 Å². The van der Waals surface area contributed by atoms with Crippen LogP contribution in [-0.2, 0) is 0 Å². The van der Waals surface area contributed by atoms with E-state index in [0.29, 0.717) is 11.3 Å². The van der Waals surface area contributed by atoms with Crippen molar-refractivity contribution in [3.05, 3.63) is 29.3 Å². The number of carbonyl (C=O) groups excluding carboxylic acids is 1. The maximum Gasteiger partial charge on any atom is 0.251 e. The summed E-state index contributed by atoms with van der Waals surface area (Å²) in [7, 11) is 0. The molecule has 1 amide bonds. The third-order valence-electron chi connectivity index (χ3n) is 2.18. The first-order valence-electron chi connectivity index (χ1n) is 5.16. The zero-order chi connectivity index (χ0) is 12.3. The van der Waals surface area contributed by atoms with Gasteiger partial charge in [-0.2, -0.15) is 0 Å². The Morgan fingerprint density at radius 3 is 2.62 bits per heavy atom. The van der Waals surface area contributed by atoms with Crippen LogP contribution in [0.5, 0.6) is 0 Å². The average molecular weight is 222 g/mol. The first-order valence-corrected chi connectivity index (χ1v) is 5.16. The molecule has 4 N–H and O–H groups in total. The molecule has 1 aromatic rings. The molecule has 88 valence electrons. The molecule has 1 rings (SSSR count). The standard InChI is InChI=1S/C12H18N2O2/c1-8-6-9(13)4-5-10(8)11(15)14-7-12(2,3)16/h4-6,16H,7,13H2,1-3H3,(H,14,15). The number of carbonyl (C=O) groups is 1. The third kappa shape index (κ3) is 3.55. The number of anilines is 1. The number of aryl methyl sites for hydroxylation is 1. The number of benzene rings is 1. The van der Waals surface area contributed by atoms with Gasteiger partial charge in [-0.1, -0.05) is 0 Å². The van der Waals surface area contributed by atoms with Crippen molar-refractivity contribution < 1.29 is 9.90 Å². The normalized spacial score (nSPS) is 11.2. The van der Waals surface area contributed by atoms with Gasteiger partial charge in [0.1, 0.15) is 0 Å². The van der Waals surface area contributed by atoms with Crippen molar-refractivity contribution in [2.75, 3.05) is 12.3 Å². The summed E-state index contributed by atoms with van der Waals surface area (Å²) < 4.78 is 0. The molecule has 0 fully saturated rings. The van der Waals surface area contributed by atoms with E-state index in [4.69, 9.17) is 5.73 Å². The van der Waals surface area contributed by atoms with Gasteiger partial charge in [0.15, 0.2) is 0 Å². The fourth-order valence-corrected chi connectivity index (χ4v) is 1.33. The highest BCUT2D eigenvalue weighted by atomic mass is 16.3. The summed E-state index contributed by atoms with van der Waals surface area (Å²) in [5, 5.41) is 12.2. The molecule has 0 unspecified atom stereocenters. The van der Waals surface area contributed by atoms with Crippen LogP contribution in [0, 0.1) is 6.92 Å². The summed E-state index contributed by atoms with van der Waals surface area (Å²) >= 11 is 0. The number of hydrogen-bond acceptors (Lipinski definition) is 3. The van der Waals surface area contributed by atoms with Gasteiger partial charge in [0, 0.05) is 17.8 Å². The van der Waals surface area contributed by atoms with Gasteiger partial charge in [-0.05, 0) is 44.5 Å². The Kier molecular flexibility index (Phi) is 3.55. The summed E-state index contributed by atoms with van der Waals surface area (Å²) in [6.45, 7) is 5.33. The second-order valence-corrected chi connectivity index (χ2v) is 4.57. The van der Waals surface area contributed by atoms with Gasteiger partial charge in [-0.25, -0.2) is 0 Å². The van der Waals surface area contributed by atoms with Crippen LogP contribution in [0.2, 0.25) is 0 Å². The highest BCUT2D eigenvalue weighted by Gasteiger charge is 2.15. The van der Waals surface area contributed by atoms with Gasteiger partial charge in [-0.15, -0.1) is 0 Å². The minimum absolute atomic E-state index is 0.195. The SMILES string of the molecule is Cc1cc(N)ccc1C(=O)NCC(C)(C)O. The highest BCUT2D eigenvalue weighted by molar-refractivity contribution is 5.96. The van der Waals surface area contributed by atoms with Gasteiger partial charge >= 0.3 is 0 Å². The summed E-state index contributed by atoms with van der Waals surface area (Å²) in [6.07, 6.45) is 0. The van der Waals surface area contributed by atoms with E-state index in [2.05, 4.69) is 5.32 Å². The lowest BCUT2D eigenvalue weighted by Gasteiger charge is -2.18. The number of nitrogen functional groups attached to an aromatic ring is 1. The number of amides is 1. The molecule has 0 radical (unpaired) electrons. The van der Waals surface area contributed by atoms with Crippen LogP contribution in [0.4, 0.5) is 5.69 Å². The zero-order valence-corrected chi connectivity index (χ0v) is 9.87. The van der Waals surface area contributed by atoms with Crippen LogP contribution < -0.4 is 11.1 Å². The number of nitrogens with two attached hydrogens (primary N) is 1. The molecule has 0 bridgehead atoms. The summed E-state index contributed by atoms with van der Waals surface area (Å²) in [4.78, 5) is 11.8. The van der Waals surface area contributed by atoms with Gasteiger partial charge in [-0.3, -0.25) is 4.79 Å². The molecule has 0 aliphatic carbocycles. The fourth-order valence-electron chi connectivity index (χ4n) is 1.33. The van der Waals surface area contributed by atoms with Crippen molar-refractivity contribution in [1.82, 2.24) is 5.32 Å². The molecular formula is C12H18N2O2. The maximum atomic E-state index is 11.8. The number of hydrogen-bond donors (Lipinski definition) is 3. The predicted molar refractivity (Wildman–Crippen MR) is 64.2 cm³/mol. The van der Waals surface area contributed by atoms with Crippen molar-refractivity contribution in [3.8, 4) is 0 Å². The zero-order valence-electron chi connectivity index (χ0n) is 9.87. The average Bonchev–Trinajstić information content (AvgIpc) is 2.13. The maximum absolute atomic E-state index is 11.8. The molecule has 0 heterocycles. The molecular weight excluding hydrogens is 204 g/mol. The van der Waals surface area contributed by atoms with Crippen LogP contribution in [0.1, 0.15) is 29.8 Å². The molecule has 4 nitrogen and oxygen atoms in total. The first kappa shape index (κ1) is 12.5. The van der Waals surface area contributed by atoms with E-state index < -0.39 is 5.60 Å². The number of rotatable bonds is 3. The van der Waals surface area contributed by atoms with E-state index in [0.717, 1.165) is 5.56 Å². The van der Waals surface area contributed by atoms with Gasteiger partial charge in [0.2, 0.25) is 0 Å². The lowest BCUT2D eigenvalue weighted by molar-refractivity contribution is 0.0694. The van der Waals surface area contributed by atoms with E-state index in [1.54, 1.807) is 32.0 Å². The third-order valence-corrected chi connectivity index (χ3v) is 2.18. The van der Waals surface area contributed by atoms with Gasteiger partial charge in [0.05, 0.1) is 5.60 Å². The van der Waals surface area contributed by atoms with E-state index in [-0.39, 0.29) is 12.5 Å². The summed E-state index contributed by atoms with van der Waals surface area (Å²) in [6, 6.07) is 5.12. The fraction of sp³-hybridized carbons (Fsp3) is 0.417. The minimum atomic E-state index is -0.905. The van der Waals surface area contributed by atoms with Crippen molar-refractivity contribution in [3.63, 3.8) is 0 Å². The van der Waals surface area contributed by atoms with Gasteiger partial charge in [0.25, 0.3) is 5.91 Å². The molecule has 4 heteroatoms. The van der Waals surface area contributed by atoms with E-state index in [9.17, 15) is 9.90 Å². The smallest absolute Gasteiger partial charge is 0.251 e. The van der Waals surface area contributed by atoms with Crippen LogP contribution in [0.3, 0.4) is 0 Å². The Hall–Kier alpha value is -1.55. The molecule has 16 heavy (non-hydrogen) atoms.